The summed E-state index contributed by atoms with van der Waals surface area (Å²) in [5, 5.41) is 5.16. The number of rotatable bonds is 6. The van der Waals surface area contributed by atoms with Crippen LogP contribution in [0.4, 0.5) is 5.69 Å². The van der Waals surface area contributed by atoms with E-state index in [0.717, 1.165) is 5.56 Å². The smallest absolute Gasteiger partial charge is 0.264 e. The SMILES string of the molecule is NS(=O)(=O)c1ccc2c(c1)CCN2C(=O)COc1ccc(S(=O)(=O)c2ccccc2)cc1. The molecule has 0 aliphatic carbocycles. The number of benzene rings is 3. The van der Waals surface area contributed by atoms with Crippen molar-refractivity contribution < 1.29 is 26.4 Å². The maximum atomic E-state index is 12.6. The molecule has 166 valence electrons. The minimum absolute atomic E-state index is 0.00680. The second-order valence-corrected chi connectivity index (χ2v) is 10.7. The van der Waals surface area contributed by atoms with Crippen molar-refractivity contribution in [3.05, 3.63) is 78.4 Å². The summed E-state index contributed by atoms with van der Waals surface area (Å²) in [7, 11) is -7.44. The van der Waals surface area contributed by atoms with Crippen LogP contribution in [0, 0.1) is 0 Å². The molecule has 4 rings (SSSR count). The van der Waals surface area contributed by atoms with Gasteiger partial charge in [-0.2, -0.15) is 0 Å². The second-order valence-electron chi connectivity index (χ2n) is 7.21. The van der Waals surface area contributed by atoms with E-state index in [2.05, 4.69) is 0 Å². The van der Waals surface area contributed by atoms with E-state index in [1.807, 2.05) is 0 Å². The summed E-state index contributed by atoms with van der Waals surface area (Å²) in [6.45, 7) is 0.154. The highest BCUT2D eigenvalue weighted by molar-refractivity contribution is 7.91. The van der Waals surface area contributed by atoms with Crippen LogP contribution >= 0.6 is 0 Å². The molecule has 3 aromatic rings. The fourth-order valence-electron chi connectivity index (χ4n) is 3.49. The molecule has 3 aromatic carbocycles. The van der Waals surface area contributed by atoms with Gasteiger partial charge in [-0.1, -0.05) is 18.2 Å². The Morgan fingerprint density at radius 2 is 1.50 bits per heavy atom. The number of nitrogens with zero attached hydrogens (tertiary/aromatic N) is 1. The van der Waals surface area contributed by atoms with Gasteiger partial charge in [0.25, 0.3) is 5.91 Å². The zero-order chi connectivity index (χ0) is 22.9. The quantitative estimate of drug-likeness (QED) is 0.586. The molecule has 0 aromatic heterocycles. The number of hydrogen-bond acceptors (Lipinski definition) is 6. The van der Waals surface area contributed by atoms with Gasteiger partial charge >= 0.3 is 0 Å². The zero-order valence-corrected chi connectivity index (χ0v) is 18.5. The van der Waals surface area contributed by atoms with Gasteiger partial charge in [-0.15, -0.1) is 0 Å². The number of nitrogens with two attached hydrogens (primary N) is 1. The van der Waals surface area contributed by atoms with Gasteiger partial charge in [0.1, 0.15) is 5.75 Å². The van der Waals surface area contributed by atoms with Gasteiger partial charge in [-0.3, -0.25) is 4.79 Å². The highest BCUT2D eigenvalue weighted by Gasteiger charge is 2.26. The Balaban J connectivity index is 1.43. The first kappa shape index (κ1) is 22.0. The Morgan fingerprint density at radius 1 is 0.875 bits per heavy atom. The topological polar surface area (TPSA) is 124 Å². The number of carbonyl (C=O) groups excluding carboxylic acids is 1. The summed E-state index contributed by atoms with van der Waals surface area (Å²) in [5.41, 5.74) is 1.34. The Morgan fingerprint density at radius 3 is 2.16 bits per heavy atom. The molecule has 1 heterocycles. The molecule has 2 N–H and O–H groups in total. The number of anilines is 1. The third-order valence-corrected chi connectivity index (χ3v) is 7.82. The van der Waals surface area contributed by atoms with Crippen LogP contribution in [0.25, 0.3) is 0 Å². The summed E-state index contributed by atoms with van der Waals surface area (Å²) in [5.74, 6) is 0.0578. The van der Waals surface area contributed by atoms with Gasteiger partial charge in [0.05, 0.1) is 14.7 Å². The van der Waals surface area contributed by atoms with E-state index in [1.54, 1.807) is 24.3 Å². The Bertz CT molecular complexity index is 1370. The van der Waals surface area contributed by atoms with Crippen molar-refractivity contribution in [3.63, 3.8) is 0 Å². The third kappa shape index (κ3) is 4.38. The van der Waals surface area contributed by atoms with Gasteiger partial charge in [0.2, 0.25) is 19.9 Å². The summed E-state index contributed by atoms with van der Waals surface area (Å²) >= 11 is 0. The molecule has 0 unspecified atom stereocenters. The molecule has 0 bridgehead atoms. The van der Waals surface area contributed by atoms with Crippen LogP contribution in [-0.4, -0.2) is 35.9 Å². The van der Waals surface area contributed by atoms with Crippen molar-refractivity contribution in [1.29, 1.82) is 0 Å². The third-order valence-electron chi connectivity index (χ3n) is 5.13. The number of fused-ring (bicyclic) bond motifs is 1. The van der Waals surface area contributed by atoms with E-state index in [9.17, 15) is 21.6 Å². The largest absolute Gasteiger partial charge is 0.484 e. The van der Waals surface area contributed by atoms with Crippen LogP contribution in [0.15, 0.2) is 87.5 Å². The minimum atomic E-state index is -3.81. The number of carbonyl (C=O) groups is 1. The highest BCUT2D eigenvalue weighted by atomic mass is 32.2. The number of ether oxygens (including phenoxy) is 1. The molecule has 0 saturated heterocycles. The first-order valence-electron chi connectivity index (χ1n) is 9.65. The van der Waals surface area contributed by atoms with E-state index < -0.39 is 19.9 Å². The molecule has 8 nitrogen and oxygen atoms in total. The summed E-state index contributed by atoms with van der Waals surface area (Å²) in [6, 6.07) is 18.4. The van der Waals surface area contributed by atoms with E-state index in [1.165, 1.54) is 53.4 Å². The summed E-state index contributed by atoms with van der Waals surface area (Å²) in [4.78, 5) is 14.5. The molecule has 0 saturated carbocycles. The lowest BCUT2D eigenvalue weighted by Crippen LogP contribution is -2.33. The predicted molar refractivity (Wildman–Crippen MR) is 118 cm³/mol. The molecule has 1 aliphatic rings. The maximum absolute atomic E-state index is 12.6. The van der Waals surface area contributed by atoms with Crippen LogP contribution in [0.5, 0.6) is 5.75 Å². The van der Waals surface area contributed by atoms with E-state index in [4.69, 9.17) is 9.88 Å². The predicted octanol–water partition coefficient (Wildman–Crippen LogP) is 2.13. The standard InChI is InChI=1S/C22H20N2O6S2/c23-32(28,29)20-10-11-21-16(14-20)12-13-24(21)22(25)15-30-17-6-8-19(9-7-17)31(26,27)18-4-2-1-3-5-18/h1-11,14H,12-13,15H2,(H2,23,28,29). The number of amides is 1. The van der Waals surface area contributed by atoms with Crippen molar-refractivity contribution in [2.45, 2.75) is 21.1 Å². The molecule has 0 atom stereocenters. The number of sulfone groups is 1. The lowest BCUT2D eigenvalue weighted by molar-refractivity contribution is -0.120. The monoisotopic (exact) mass is 472 g/mol. The fraction of sp³-hybridized carbons (Fsp3) is 0.136. The Hall–Kier alpha value is -3.21. The highest BCUT2D eigenvalue weighted by Crippen LogP contribution is 2.30. The number of primary sulfonamides is 1. The number of sulfonamides is 1. The van der Waals surface area contributed by atoms with E-state index in [0.29, 0.717) is 24.4 Å². The first-order valence-corrected chi connectivity index (χ1v) is 12.7. The van der Waals surface area contributed by atoms with Crippen LogP contribution in [0.3, 0.4) is 0 Å². The molecule has 1 aliphatic heterocycles. The van der Waals surface area contributed by atoms with Crippen LogP contribution in [0.1, 0.15) is 5.56 Å². The summed E-state index contributed by atoms with van der Waals surface area (Å²) in [6.07, 6.45) is 0.510. The number of hydrogen-bond donors (Lipinski definition) is 1. The normalized spacial score (nSPS) is 13.6. The van der Waals surface area contributed by atoms with Crippen LogP contribution < -0.4 is 14.8 Å². The van der Waals surface area contributed by atoms with Crippen LogP contribution in [0.2, 0.25) is 0 Å². The fourth-order valence-corrected chi connectivity index (χ4v) is 5.33. The second kappa shape index (κ2) is 8.38. The summed E-state index contributed by atoms with van der Waals surface area (Å²) < 4.78 is 53.9. The van der Waals surface area contributed by atoms with Crippen molar-refractivity contribution in [3.8, 4) is 5.75 Å². The van der Waals surface area contributed by atoms with Crippen molar-refractivity contribution >= 4 is 31.5 Å². The molecule has 10 heteroatoms. The minimum Gasteiger partial charge on any atom is -0.484 e. The molecule has 0 spiro atoms. The average Bonchev–Trinajstić information content (AvgIpc) is 3.21. The molecular weight excluding hydrogens is 452 g/mol. The van der Waals surface area contributed by atoms with Gasteiger partial charge in [0, 0.05) is 12.2 Å². The van der Waals surface area contributed by atoms with Gasteiger partial charge < -0.3 is 9.64 Å². The molecule has 0 radical (unpaired) electrons. The van der Waals surface area contributed by atoms with Gasteiger partial charge in [-0.05, 0) is 66.6 Å². The Kier molecular flexibility index (Phi) is 5.76. The molecule has 0 fully saturated rings. The molecule has 1 amide bonds. The zero-order valence-electron chi connectivity index (χ0n) is 16.8. The van der Waals surface area contributed by atoms with E-state index in [-0.39, 0.29) is 27.2 Å². The molecular formula is C22H20N2O6S2. The van der Waals surface area contributed by atoms with Gasteiger partial charge in [0.15, 0.2) is 6.61 Å². The molecule has 32 heavy (non-hydrogen) atoms. The van der Waals surface area contributed by atoms with E-state index >= 15 is 0 Å². The van der Waals surface area contributed by atoms with Crippen molar-refractivity contribution in [2.24, 2.45) is 5.14 Å². The lowest BCUT2D eigenvalue weighted by atomic mass is 10.2. The first-order chi connectivity index (χ1) is 15.2. The van der Waals surface area contributed by atoms with Crippen molar-refractivity contribution in [1.82, 2.24) is 0 Å². The van der Waals surface area contributed by atoms with Crippen molar-refractivity contribution in [2.75, 3.05) is 18.1 Å². The maximum Gasteiger partial charge on any atom is 0.264 e. The average molecular weight is 473 g/mol. The lowest BCUT2D eigenvalue weighted by Gasteiger charge is -2.18. The van der Waals surface area contributed by atoms with Crippen LogP contribution in [-0.2, 0) is 31.1 Å². The Labute approximate surface area is 186 Å². The van der Waals surface area contributed by atoms with Gasteiger partial charge in [-0.25, -0.2) is 22.0 Å².